The minimum Gasteiger partial charge on any atom is -0.377 e. The number of sulfonamides is 1. The van der Waals surface area contributed by atoms with E-state index in [1.54, 1.807) is 12.1 Å². The quantitative estimate of drug-likeness (QED) is 0.581. The van der Waals surface area contributed by atoms with Crippen molar-refractivity contribution < 1.29 is 13.2 Å². The molecule has 1 N–H and O–H groups in total. The van der Waals surface area contributed by atoms with Gasteiger partial charge in [0.25, 0.3) is 0 Å². The molecule has 1 aliphatic carbocycles. The Hall–Kier alpha value is -2.47. The molecule has 4 nitrogen and oxygen atoms in total. The summed E-state index contributed by atoms with van der Waals surface area (Å²) in [4.78, 5) is 0.327. The van der Waals surface area contributed by atoms with Gasteiger partial charge in [-0.2, -0.15) is 0 Å². The Morgan fingerprint density at radius 1 is 0.879 bits per heavy atom. The van der Waals surface area contributed by atoms with Gasteiger partial charge in [-0.15, -0.1) is 0 Å². The largest absolute Gasteiger partial charge is 0.377 e. The Bertz CT molecular complexity index is 1170. The molecule has 5 heteroatoms. The Morgan fingerprint density at radius 2 is 1.48 bits per heavy atom. The van der Waals surface area contributed by atoms with Crippen LogP contribution in [0.1, 0.15) is 53.5 Å². The minimum absolute atomic E-state index is 0.0747. The first-order valence-corrected chi connectivity index (χ1v) is 13.4. The van der Waals surface area contributed by atoms with E-state index in [1.165, 1.54) is 22.3 Å². The van der Waals surface area contributed by atoms with E-state index in [1.807, 2.05) is 12.1 Å². The number of hydrogen-bond acceptors (Lipinski definition) is 3. The summed E-state index contributed by atoms with van der Waals surface area (Å²) >= 11 is 0. The lowest BCUT2D eigenvalue weighted by atomic mass is 9.80. The van der Waals surface area contributed by atoms with Crippen molar-refractivity contribution in [3.63, 3.8) is 0 Å². The molecule has 0 radical (unpaired) electrons. The first-order chi connectivity index (χ1) is 16.0. The van der Waals surface area contributed by atoms with Crippen molar-refractivity contribution >= 4 is 10.0 Å². The van der Waals surface area contributed by atoms with Gasteiger partial charge in [0, 0.05) is 18.6 Å². The van der Waals surface area contributed by atoms with Crippen LogP contribution in [0.15, 0.2) is 77.7 Å². The Kier molecular flexibility index (Phi) is 6.37. The highest BCUT2D eigenvalue weighted by molar-refractivity contribution is 7.89. The molecule has 0 aromatic heterocycles. The topological polar surface area (TPSA) is 55.4 Å². The predicted molar refractivity (Wildman–Crippen MR) is 131 cm³/mol. The highest BCUT2D eigenvalue weighted by atomic mass is 32.2. The zero-order chi connectivity index (χ0) is 22.8. The monoisotopic (exact) mass is 461 g/mol. The molecule has 2 unspecified atom stereocenters. The fourth-order valence-corrected chi connectivity index (χ4v) is 6.61. The van der Waals surface area contributed by atoms with E-state index in [0.717, 1.165) is 24.8 Å². The molecule has 0 amide bonds. The molecule has 2 aliphatic rings. The zero-order valence-electron chi connectivity index (χ0n) is 19.0. The lowest BCUT2D eigenvalue weighted by Crippen LogP contribution is -2.44. The highest BCUT2D eigenvalue weighted by Gasteiger charge is 2.36. The molecule has 1 heterocycles. The van der Waals surface area contributed by atoms with E-state index in [9.17, 15) is 8.42 Å². The van der Waals surface area contributed by atoms with Crippen molar-refractivity contribution in [3.05, 3.63) is 101 Å². The molecule has 2 atom stereocenters. The summed E-state index contributed by atoms with van der Waals surface area (Å²) < 4.78 is 35.5. The molecule has 1 fully saturated rings. The van der Waals surface area contributed by atoms with Crippen molar-refractivity contribution in [1.82, 2.24) is 4.72 Å². The van der Waals surface area contributed by atoms with Crippen LogP contribution < -0.4 is 4.72 Å². The van der Waals surface area contributed by atoms with Crippen LogP contribution in [0.4, 0.5) is 0 Å². The summed E-state index contributed by atoms with van der Waals surface area (Å²) in [7, 11) is -3.57. The van der Waals surface area contributed by atoms with Gasteiger partial charge in [-0.3, -0.25) is 0 Å². The maximum Gasteiger partial charge on any atom is 0.240 e. The van der Waals surface area contributed by atoms with Gasteiger partial charge in [-0.25, -0.2) is 13.1 Å². The highest BCUT2D eigenvalue weighted by Crippen LogP contribution is 2.40. The summed E-state index contributed by atoms with van der Waals surface area (Å²) in [5.74, 6) is 0.107. The minimum atomic E-state index is -3.57. The van der Waals surface area contributed by atoms with Crippen molar-refractivity contribution in [2.45, 2.75) is 62.0 Å². The maximum absolute atomic E-state index is 13.1. The van der Waals surface area contributed by atoms with Gasteiger partial charge < -0.3 is 4.74 Å². The van der Waals surface area contributed by atoms with Gasteiger partial charge in [0.1, 0.15) is 0 Å². The van der Waals surface area contributed by atoms with Crippen LogP contribution in [0.2, 0.25) is 0 Å². The standard InChI is InChI=1S/C28H31NO3S/c1-2-20-11-15-24(16-12-20)33(30,31)29-23-17-18-32-27(19-23)28-25-9-5-3-7-21(25)13-14-22-8-4-6-10-26(22)28/h3-12,15-16,23,27-29H,2,13-14,17-19H2,1H3. The molecule has 172 valence electrons. The molecule has 33 heavy (non-hydrogen) atoms. The van der Waals surface area contributed by atoms with Gasteiger partial charge in [0.05, 0.1) is 11.0 Å². The van der Waals surface area contributed by atoms with Crippen molar-refractivity contribution in [2.75, 3.05) is 6.61 Å². The lowest BCUT2D eigenvalue weighted by molar-refractivity contribution is -0.00397. The van der Waals surface area contributed by atoms with Gasteiger partial charge in [0.2, 0.25) is 10.0 Å². The van der Waals surface area contributed by atoms with Crippen LogP contribution in [0, 0.1) is 0 Å². The lowest BCUT2D eigenvalue weighted by Gasteiger charge is -2.36. The summed E-state index contributed by atoms with van der Waals surface area (Å²) in [5.41, 5.74) is 6.48. The second-order valence-electron chi connectivity index (χ2n) is 9.12. The Balaban J connectivity index is 1.42. The summed E-state index contributed by atoms with van der Waals surface area (Å²) in [6.45, 7) is 2.61. The molecule has 3 aromatic rings. The van der Waals surface area contributed by atoms with Crippen LogP contribution in [0.25, 0.3) is 0 Å². The summed E-state index contributed by atoms with van der Waals surface area (Å²) in [6.07, 6.45) is 4.17. The fourth-order valence-electron chi connectivity index (χ4n) is 5.33. The molecular formula is C28H31NO3S. The number of nitrogens with one attached hydrogen (secondary N) is 1. The summed E-state index contributed by atoms with van der Waals surface area (Å²) in [5, 5.41) is 0. The van der Waals surface area contributed by atoms with Gasteiger partial charge in [0.15, 0.2) is 0 Å². The number of ether oxygens (including phenoxy) is 1. The van der Waals surface area contributed by atoms with E-state index in [2.05, 4.69) is 60.2 Å². The molecule has 1 saturated heterocycles. The van der Waals surface area contributed by atoms with Crippen LogP contribution in [0.3, 0.4) is 0 Å². The Labute approximate surface area is 197 Å². The first-order valence-electron chi connectivity index (χ1n) is 11.9. The van der Waals surface area contributed by atoms with E-state index in [0.29, 0.717) is 24.3 Å². The number of fused-ring (bicyclic) bond motifs is 2. The summed E-state index contributed by atoms with van der Waals surface area (Å²) in [6, 6.07) is 24.3. The van der Waals surface area contributed by atoms with Crippen molar-refractivity contribution in [3.8, 4) is 0 Å². The average Bonchev–Trinajstić information content (AvgIpc) is 3.01. The smallest absolute Gasteiger partial charge is 0.240 e. The predicted octanol–water partition coefficient (Wildman–Crippen LogP) is 5.01. The van der Waals surface area contributed by atoms with Gasteiger partial charge in [-0.05, 0) is 72.1 Å². The van der Waals surface area contributed by atoms with Crippen molar-refractivity contribution in [1.29, 1.82) is 0 Å². The normalized spacial score (nSPS) is 21.1. The van der Waals surface area contributed by atoms with E-state index >= 15 is 0 Å². The Morgan fingerprint density at radius 3 is 2.09 bits per heavy atom. The van der Waals surface area contributed by atoms with Crippen LogP contribution >= 0.6 is 0 Å². The molecule has 3 aromatic carbocycles. The number of aryl methyl sites for hydroxylation is 3. The van der Waals surface area contributed by atoms with Gasteiger partial charge >= 0.3 is 0 Å². The van der Waals surface area contributed by atoms with E-state index < -0.39 is 10.0 Å². The van der Waals surface area contributed by atoms with Crippen molar-refractivity contribution in [2.24, 2.45) is 0 Å². The van der Waals surface area contributed by atoms with E-state index in [4.69, 9.17) is 4.74 Å². The fraction of sp³-hybridized carbons (Fsp3) is 0.357. The van der Waals surface area contributed by atoms with Crippen LogP contribution in [-0.4, -0.2) is 27.2 Å². The molecular weight excluding hydrogens is 430 g/mol. The second kappa shape index (κ2) is 9.41. The average molecular weight is 462 g/mol. The third-order valence-electron chi connectivity index (χ3n) is 7.09. The number of hydrogen-bond donors (Lipinski definition) is 1. The van der Waals surface area contributed by atoms with Crippen LogP contribution in [-0.2, 0) is 34.0 Å². The third-order valence-corrected chi connectivity index (χ3v) is 8.63. The third kappa shape index (κ3) is 4.63. The van der Waals surface area contributed by atoms with Crippen LogP contribution in [0.5, 0.6) is 0 Å². The molecule has 0 bridgehead atoms. The molecule has 0 spiro atoms. The second-order valence-corrected chi connectivity index (χ2v) is 10.8. The SMILES string of the molecule is CCc1ccc(S(=O)(=O)NC2CCOC(C3c4ccccc4CCc4ccccc43)C2)cc1. The number of rotatable bonds is 5. The maximum atomic E-state index is 13.1. The zero-order valence-corrected chi connectivity index (χ0v) is 19.9. The molecule has 1 aliphatic heterocycles. The molecule has 0 saturated carbocycles. The van der Waals surface area contributed by atoms with Gasteiger partial charge in [-0.1, -0.05) is 67.6 Å². The first kappa shape index (κ1) is 22.3. The number of benzene rings is 3. The molecule has 5 rings (SSSR count). The van der Waals surface area contributed by atoms with E-state index in [-0.39, 0.29) is 18.1 Å².